The Kier molecular flexibility index (Phi) is 5.48. The van der Waals surface area contributed by atoms with Crippen LogP contribution in [0.2, 0.25) is 0 Å². The van der Waals surface area contributed by atoms with E-state index in [-0.39, 0.29) is 0 Å². The Morgan fingerprint density at radius 3 is 1.52 bits per heavy atom. The summed E-state index contributed by atoms with van der Waals surface area (Å²) in [4.78, 5) is 0. The molecule has 0 spiro atoms. The fourth-order valence-corrected chi connectivity index (χ4v) is 7.17. The van der Waals surface area contributed by atoms with Crippen molar-refractivity contribution in [1.82, 2.24) is 0 Å². The maximum Gasteiger partial charge on any atom is 0.143 e. The minimum absolute atomic E-state index is 0.948. The molecule has 0 atom stereocenters. The van der Waals surface area contributed by atoms with Gasteiger partial charge in [-0.2, -0.15) is 0 Å². The summed E-state index contributed by atoms with van der Waals surface area (Å²) >= 11 is 0. The summed E-state index contributed by atoms with van der Waals surface area (Å²) in [5.41, 5.74) is 10.3. The van der Waals surface area contributed by atoms with Crippen LogP contribution in [0.5, 0.6) is 0 Å². The molecule has 0 saturated carbocycles. The fraction of sp³-hybridized carbons (Fsp3) is 0.0233. The molecule has 0 radical (unpaired) electrons. The van der Waals surface area contributed by atoms with Crippen molar-refractivity contribution in [2.45, 2.75) is 6.92 Å². The quantitative estimate of drug-likeness (QED) is 0.196. The van der Waals surface area contributed by atoms with Crippen LogP contribution < -0.4 is 0 Å². The van der Waals surface area contributed by atoms with Gasteiger partial charge in [-0.05, 0) is 78.7 Å². The Hall–Kier alpha value is -5.66. The maximum absolute atomic E-state index is 6.66. The highest BCUT2D eigenvalue weighted by Gasteiger charge is 2.19. The lowest BCUT2D eigenvalue weighted by atomic mass is 9.85. The van der Waals surface area contributed by atoms with Crippen LogP contribution in [0, 0.1) is 6.92 Å². The van der Waals surface area contributed by atoms with E-state index < -0.39 is 0 Å². The third kappa shape index (κ3) is 3.66. The van der Waals surface area contributed by atoms with Crippen molar-refractivity contribution >= 4 is 54.3 Å². The minimum atomic E-state index is 0.948. The molecule has 0 unspecified atom stereocenters. The number of hydrogen-bond acceptors (Lipinski definition) is 1. The van der Waals surface area contributed by atoms with Crippen LogP contribution in [-0.4, -0.2) is 0 Å². The summed E-state index contributed by atoms with van der Waals surface area (Å²) in [6.07, 6.45) is 0. The van der Waals surface area contributed by atoms with E-state index >= 15 is 0 Å². The monoisotopic (exact) mass is 560 g/mol. The van der Waals surface area contributed by atoms with Crippen LogP contribution in [0.15, 0.2) is 156 Å². The number of hydrogen-bond donors (Lipinski definition) is 0. The third-order valence-corrected chi connectivity index (χ3v) is 9.17. The van der Waals surface area contributed by atoms with E-state index in [1.165, 1.54) is 65.3 Å². The largest absolute Gasteiger partial charge is 0.455 e. The fourth-order valence-electron chi connectivity index (χ4n) is 7.17. The van der Waals surface area contributed by atoms with Crippen LogP contribution in [-0.2, 0) is 0 Å². The molecule has 0 aliphatic rings. The first kappa shape index (κ1) is 24.9. The van der Waals surface area contributed by atoms with Gasteiger partial charge in [0, 0.05) is 16.3 Å². The maximum atomic E-state index is 6.66. The van der Waals surface area contributed by atoms with Crippen molar-refractivity contribution in [2.24, 2.45) is 0 Å². The average Bonchev–Trinajstić information content (AvgIpc) is 3.49. The molecule has 9 aromatic rings. The molecule has 0 bridgehead atoms. The molecule has 0 amide bonds. The molecule has 0 aliphatic heterocycles. The summed E-state index contributed by atoms with van der Waals surface area (Å²) in [6, 6.07) is 54.8. The Bertz CT molecular complexity index is 2480. The molecule has 9 rings (SSSR count). The van der Waals surface area contributed by atoms with E-state index in [1.807, 2.05) is 0 Å². The lowest BCUT2D eigenvalue weighted by molar-refractivity contribution is 0.667. The molecular formula is C43H28O. The van der Waals surface area contributed by atoms with Crippen LogP contribution in [0.25, 0.3) is 87.6 Å². The normalized spacial score (nSPS) is 11.8. The highest BCUT2D eigenvalue weighted by atomic mass is 16.3. The van der Waals surface area contributed by atoms with E-state index in [1.54, 1.807) is 0 Å². The molecule has 1 nitrogen and oxygen atoms in total. The Balaban J connectivity index is 1.29. The lowest BCUT2D eigenvalue weighted by Gasteiger charge is -2.18. The molecule has 0 fully saturated rings. The number of fused-ring (bicyclic) bond motifs is 7. The van der Waals surface area contributed by atoms with Gasteiger partial charge >= 0.3 is 0 Å². The highest BCUT2D eigenvalue weighted by molar-refractivity contribution is 6.23. The number of aryl methyl sites for hydroxylation is 1. The van der Waals surface area contributed by atoms with Crippen molar-refractivity contribution in [3.05, 3.63) is 157 Å². The van der Waals surface area contributed by atoms with Gasteiger partial charge in [-0.3, -0.25) is 0 Å². The van der Waals surface area contributed by atoms with Crippen LogP contribution in [0.4, 0.5) is 0 Å². The van der Waals surface area contributed by atoms with Gasteiger partial charge in [-0.25, -0.2) is 0 Å². The van der Waals surface area contributed by atoms with E-state index in [4.69, 9.17) is 4.42 Å². The van der Waals surface area contributed by atoms with Crippen molar-refractivity contribution < 1.29 is 4.42 Å². The van der Waals surface area contributed by atoms with Crippen molar-refractivity contribution in [3.63, 3.8) is 0 Å². The Morgan fingerprint density at radius 1 is 0.386 bits per heavy atom. The zero-order chi connectivity index (χ0) is 29.2. The van der Waals surface area contributed by atoms with E-state index in [0.717, 1.165) is 27.9 Å². The lowest BCUT2D eigenvalue weighted by Crippen LogP contribution is -1.90. The number of benzene rings is 8. The molecule has 1 aromatic heterocycles. The topological polar surface area (TPSA) is 13.1 Å². The zero-order valence-corrected chi connectivity index (χ0v) is 24.3. The van der Waals surface area contributed by atoms with Gasteiger partial charge in [0.1, 0.15) is 11.2 Å². The second-order valence-electron chi connectivity index (χ2n) is 11.7. The third-order valence-electron chi connectivity index (χ3n) is 9.17. The molecule has 206 valence electrons. The highest BCUT2D eigenvalue weighted by Crippen LogP contribution is 2.45. The first-order chi connectivity index (χ1) is 21.8. The first-order valence-electron chi connectivity index (χ1n) is 15.2. The molecule has 0 aliphatic carbocycles. The van der Waals surface area contributed by atoms with Crippen LogP contribution >= 0.6 is 0 Å². The summed E-state index contributed by atoms with van der Waals surface area (Å²) in [6.45, 7) is 2.12. The van der Waals surface area contributed by atoms with Gasteiger partial charge in [-0.15, -0.1) is 0 Å². The second-order valence-corrected chi connectivity index (χ2v) is 11.7. The summed E-state index contributed by atoms with van der Waals surface area (Å²) in [5, 5.41) is 9.87. The Labute approximate surface area is 255 Å². The van der Waals surface area contributed by atoms with Gasteiger partial charge in [0.15, 0.2) is 0 Å². The molecule has 0 saturated heterocycles. The molecular weight excluding hydrogens is 532 g/mol. The van der Waals surface area contributed by atoms with Gasteiger partial charge in [-0.1, -0.05) is 146 Å². The number of rotatable bonds is 3. The van der Waals surface area contributed by atoms with Crippen LogP contribution in [0.3, 0.4) is 0 Å². The molecule has 44 heavy (non-hydrogen) atoms. The standard InChI is InChI=1S/C43H28O/c1-27-12-11-21-37-41-32-16-6-5-15-31(32)26-38(43(41)44-42(27)37)28-22-24-30(25-23-28)40-35-19-9-7-17-33(35)39(29-13-3-2-4-14-29)34-18-8-10-20-36(34)40/h2-26H,1H3. The SMILES string of the molecule is Cc1cccc2c1oc1c(-c3ccc(-c4c5ccccc5c(-c5ccccc5)c5ccccc45)cc3)cc3ccccc3c12. The van der Waals surface area contributed by atoms with Gasteiger partial charge < -0.3 is 4.42 Å². The zero-order valence-electron chi connectivity index (χ0n) is 24.3. The second kappa shape index (κ2) is 9.69. The van der Waals surface area contributed by atoms with Crippen molar-refractivity contribution in [2.75, 3.05) is 0 Å². The first-order valence-corrected chi connectivity index (χ1v) is 15.2. The predicted molar refractivity (Wildman–Crippen MR) is 187 cm³/mol. The number of para-hydroxylation sites is 1. The van der Waals surface area contributed by atoms with Gasteiger partial charge in [0.05, 0.1) is 0 Å². The molecule has 8 aromatic carbocycles. The van der Waals surface area contributed by atoms with Gasteiger partial charge in [0.2, 0.25) is 0 Å². The predicted octanol–water partition coefficient (Wildman–Crippen LogP) is 12.4. The minimum Gasteiger partial charge on any atom is -0.455 e. The van der Waals surface area contributed by atoms with Crippen LogP contribution in [0.1, 0.15) is 5.56 Å². The smallest absolute Gasteiger partial charge is 0.143 e. The summed E-state index contributed by atoms with van der Waals surface area (Å²) in [5.74, 6) is 0. The number of furan rings is 1. The van der Waals surface area contributed by atoms with Crippen molar-refractivity contribution in [1.29, 1.82) is 0 Å². The van der Waals surface area contributed by atoms with Crippen molar-refractivity contribution in [3.8, 4) is 33.4 Å². The summed E-state index contributed by atoms with van der Waals surface area (Å²) in [7, 11) is 0. The average molecular weight is 561 g/mol. The van der Waals surface area contributed by atoms with E-state index in [0.29, 0.717) is 0 Å². The van der Waals surface area contributed by atoms with E-state index in [2.05, 4.69) is 159 Å². The summed E-state index contributed by atoms with van der Waals surface area (Å²) < 4.78 is 6.66. The van der Waals surface area contributed by atoms with Gasteiger partial charge in [0.25, 0.3) is 0 Å². The molecule has 1 heteroatoms. The Morgan fingerprint density at radius 2 is 0.886 bits per heavy atom. The molecule has 0 N–H and O–H groups in total. The molecule has 1 heterocycles. The van der Waals surface area contributed by atoms with E-state index in [9.17, 15) is 0 Å².